The molecule has 20 heavy (non-hydrogen) atoms. The fourth-order valence-corrected chi connectivity index (χ4v) is 2.51. The summed E-state index contributed by atoms with van der Waals surface area (Å²) in [6.07, 6.45) is -4.33. The molecule has 8 heteroatoms. The molecule has 114 valence electrons. The minimum atomic E-state index is -4.17. The number of nitrogens with one attached hydrogen (secondary N) is 2. The molecular formula is C12H17ClF3N3S. The van der Waals surface area contributed by atoms with E-state index in [0.29, 0.717) is 19.0 Å². The van der Waals surface area contributed by atoms with Gasteiger partial charge in [-0.2, -0.15) is 13.2 Å². The summed E-state index contributed by atoms with van der Waals surface area (Å²) in [7, 11) is 0. The topological polar surface area (TPSA) is 36.4 Å². The first-order chi connectivity index (χ1) is 9.40. The summed E-state index contributed by atoms with van der Waals surface area (Å²) in [6.45, 7) is 2.78. The number of hydrogen-bond donors (Lipinski definition) is 2. The molecule has 3 nitrogen and oxygen atoms in total. The Balaban J connectivity index is 2.36. The second-order valence-corrected chi connectivity index (χ2v) is 5.81. The number of thiophene rings is 1. The zero-order valence-corrected chi connectivity index (χ0v) is 12.6. The van der Waals surface area contributed by atoms with Gasteiger partial charge < -0.3 is 10.6 Å². The molecule has 1 heterocycles. The average molecular weight is 328 g/mol. The van der Waals surface area contributed by atoms with Crippen molar-refractivity contribution < 1.29 is 13.2 Å². The molecule has 0 aliphatic rings. The lowest BCUT2D eigenvalue weighted by atomic mass is 10.3. The van der Waals surface area contributed by atoms with E-state index in [9.17, 15) is 13.2 Å². The van der Waals surface area contributed by atoms with Crippen LogP contribution in [-0.2, 0) is 6.42 Å². The van der Waals surface area contributed by atoms with Crippen LogP contribution < -0.4 is 10.6 Å². The van der Waals surface area contributed by atoms with Gasteiger partial charge in [-0.15, -0.1) is 11.3 Å². The van der Waals surface area contributed by atoms with Gasteiger partial charge in [0.15, 0.2) is 5.96 Å². The fraction of sp³-hybridized carbons (Fsp3) is 0.583. The first-order valence-electron chi connectivity index (χ1n) is 6.24. The van der Waals surface area contributed by atoms with E-state index in [1.807, 2.05) is 19.1 Å². The van der Waals surface area contributed by atoms with Crippen molar-refractivity contribution >= 4 is 28.9 Å². The van der Waals surface area contributed by atoms with Crippen molar-refractivity contribution in [2.75, 3.05) is 19.6 Å². The molecule has 0 spiro atoms. The molecule has 0 saturated heterocycles. The number of aliphatic imine (C=N–C) groups is 1. The van der Waals surface area contributed by atoms with Crippen LogP contribution in [0.3, 0.4) is 0 Å². The van der Waals surface area contributed by atoms with Gasteiger partial charge in [0.25, 0.3) is 0 Å². The molecular weight excluding hydrogens is 311 g/mol. The number of nitrogens with zero attached hydrogens (tertiary/aromatic N) is 1. The Morgan fingerprint density at radius 3 is 2.65 bits per heavy atom. The summed E-state index contributed by atoms with van der Waals surface area (Å²) in [5.41, 5.74) is 0. The van der Waals surface area contributed by atoms with Crippen LogP contribution in [0.2, 0.25) is 4.34 Å². The van der Waals surface area contributed by atoms with E-state index >= 15 is 0 Å². The van der Waals surface area contributed by atoms with E-state index in [-0.39, 0.29) is 6.54 Å². The fourth-order valence-electron chi connectivity index (χ4n) is 1.43. The highest BCUT2D eigenvalue weighted by Gasteiger charge is 2.26. The average Bonchev–Trinajstić information content (AvgIpc) is 2.73. The summed E-state index contributed by atoms with van der Waals surface area (Å²) in [4.78, 5) is 5.01. The van der Waals surface area contributed by atoms with Crippen molar-refractivity contribution in [3.63, 3.8) is 0 Å². The molecule has 0 radical (unpaired) electrons. The molecule has 1 aromatic heterocycles. The SMILES string of the molecule is CCNC(=NCCC(F)(F)F)NCCc1ccc(Cl)s1. The van der Waals surface area contributed by atoms with Gasteiger partial charge in [0.05, 0.1) is 17.3 Å². The van der Waals surface area contributed by atoms with Crippen LogP contribution in [0.4, 0.5) is 13.2 Å². The quantitative estimate of drug-likeness (QED) is 0.620. The van der Waals surface area contributed by atoms with Gasteiger partial charge in [-0.3, -0.25) is 4.99 Å². The Hall–Kier alpha value is -0.950. The molecule has 0 aromatic carbocycles. The zero-order valence-electron chi connectivity index (χ0n) is 11.1. The van der Waals surface area contributed by atoms with Gasteiger partial charge in [0.1, 0.15) is 0 Å². The van der Waals surface area contributed by atoms with Crippen molar-refractivity contribution in [1.29, 1.82) is 0 Å². The molecule has 0 unspecified atom stereocenters. The monoisotopic (exact) mass is 327 g/mol. The summed E-state index contributed by atoms with van der Waals surface area (Å²) in [6, 6.07) is 3.76. The van der Waals surface area contributed by atoms with Crippen LogP contribution in [0.25, 0.3) is 0 Å². The maximum absolute atomic E-state index is 12.0. The standard InChI is InChI=1S/C12H17ClF3N3S/c1-2-17-11(19-8-6-12(14,15)16)18-7-5-9-3-4-10(13)20-9/h3-4H,2,5-8H2,1H3,(H2,17,18,19). The lowest BCUT2D eigenvalue weighted by Crippen LogP contribution is -2.38. The van der Waals surface area contributed by atoms with Crippen molar-refractivity contribution in [1.82, 2.24) is 10.6 Å². The first kappa shape index (κ1) is 17.1. The third kappa shape index (κ3) is 7.59. The van der Waals surface area contributed by atoms with Crippen LogP contribution in [0.5, 0.6) is 0 Å². The Bertz CT molecular complexity index is 432. The normalized spacial score (nSPS) is 12.6. The van der Waals surface area contributed by atoms with Gasteiger partial charge in [-0.05, 0) is 25.5 Å². The predicted molar refractivity (Wildman–Crippen MR) is 77.7 cm³/mol. The molecule has 1 aromatic rings. The lowest BCUT2D eigenvalue weighted by molar-refractivity contribution is -0.132. The number of rotatable bonds is 6. The maximum Gasteiger partial charge on any atom is 0.390 e. The molecule has 2 N–H and O–H groups in total. The van der Waals surface area contributed by atoms with Gasteiger partial charge in [-0.25, -0.2) is 0 Å². The zero-order chi connectivity index (χ0) is 15.0. The second-order valence-electron chi connectivity index (χ2n) is 4.01. The minimum absolute atomic E-state index is 0.274. The van der Waals surface area contributed by atoms with E-state index in [0.717, 1.165) is 15.6 Å². The molecule has 0 amide bonds. The van der Waals surface area contributed by atoms with Crippen molar-refractivity contribution in [3.8, 4) is 0 Å². The molecule has 0 saturated carbocycles. The van der Waals surface area contributed by atoms with E-state index in [2.05, 4.69) is 15.6 Å². The Kier molecular flexibility index (Phi) is 7.15. The first-order valence-corrected chi connectivity index (χ1v) is 7.43. The third-order valence-electron chi connectivity index (χ3n) is 2.30. The molecule has 0 aliphatic heterocycles. The van der Waals surface area contributed by atoms with Crippen LogP contribution in [0.15, 0.2) is 17.1 Å². The Morgan fingerprint density at radius 2 is 2.10 bits per heavy atom. The smallest absolute Gasteiger partial charge is 0.357 e. The van der Waals surface area contributed by atoms with Gasteiger partial charge >= 0.3 is 6.18 Å². The van der Waals surface area contributed by atoms with Crippen molar-refractivity contribution in [2.45, 2.75) is 25.9 Å². The molecule has 1 rings (SSSR count). The molecule has 0 aliphatic carbocycles. The third-order valence-corrected chi connectivity index (χ3v) is 3.59. The maximum atomic E-state index is 12.0. The van der Waals surface area contributed by atoms with Crippen LogP contribution >= 0.6 is 22.9 Å². The van der Waals surface area contributed by atoms with Gasteiger partial charge in [-0.1, -0.05) is 11.6 Å². The summed E-state index contributed by atoms with van der Waals surface area (Å²) < 4.78 is 36.9. The highest BCUT2D eigenvalue weighted by atomic mass is 35.5. The van der Waals surface area contributed by atoms with Crippen LogP contribution in [-0.4, -0.2) is 31.8 Å². The number of alkyl halides is 3. The van der Waals surface area contributed by atoms with Crippen molar-refractivity contribution in [2.24, 2.45) is 4.99 Å². The van der Waals surface area contributed by atoms with Crippen LogP contribution in [0, 0.1) is 0 Å². The number of guanidine groups is 1. The second kappa shape index (κ2) is 8.36. The van der Waals surface area contributed by atoms with E-state index < -0.39 is 12.6 Å². The highest BCUT2D eigenvalue weighted by Crippen LogP contribution is 2.21. The highest BCUT2D eigenvalue weighted by molar-refractivity contribution is 7.16. The van der Waals surface area contributed by atoms with Gasteiger partial charge in [0.2, 0.25) is 0 Å². The number of halogens is 4. The van der Waals surface area contributed by atoms with Gasteiger partial charge in [0, 0.05) is 18.0 Å². The minimum Gasteiger partial charge on any atom is -0.357 e. The van der Waals surface area contributed by atoms with E-state index in [1.165, 1.54) is 11.3 Å². The predicted octanol–water partition coefficient (Wildman–Crippen LogP) is 3.45. The molecule has 0 fully saturated rings. The lowest BCUT2D eigenvalue weighted by Gasteiger charge is -2.11. The number of hydrogen-bond acceptors (Lipinski definition) is 2. The summed E-state index contributed by atoms with van der Waals surface area (Å²) in [5.74, 6) is 0.402. The summed E-state index contributed by atoms with van der Waals surface area (Å²) in [5, 5.41) is 5.91. The van der Waals surface area contributed by atoms with E-state index in [1.54, 1.807) is 0 Å². The summed E-state index contributed by atoms with van der Waals surface area (Å²) >= 11 is 7.31. The largest absolute Gasteiger partial charge is 0.390 e. The molecule has 0 bridgehead atoms. The Labute approximate surface area is 125 Å². The molecule has 0 atom stereocenters. The Morgan fingerprint density at radius 1 is 1.35 bits per heavy atom. The van der Waals surface area contributed by atoms with Crippen molar-refractivity contribution in [3.05, 3.63) is 21.3 Å². The van der Waals surface area contributed by atoms with E-state index in [4.69, 9.17) is 11.6 Å². The van der Waals surface area contributed by atoms with Crippen LogP contribution in [0.1, 0.15) is 18.2 Å².